The van der Waals surface area contributed by atoms with Crippen LogP contribution in [-0.2, 0) is 9.59 Å². The van der Waals surface area contributed by atoms with Crippen LogP contribution in [-0.4, -0.2) is 24.4 Å². The Morgan fingerprint density at radius 3 is 2.68 bits per heavy atom. The molecule has 0 aliphatic carbocycles. The molecule has 1 aliphatic rings. The van der Waals surface area contributed by atoms with E-state index >= 15 is 0 Å². The van der Waals surface area contributed by atoms with Crippen molar-refractivity contribution in [3.63, 3.8) is 0 Å². The number of carbonyl (C=O) groups is 2. The maximum Gasteiger partial charge on any atom is 0.249 e. The summed E-state index contributed by atoms with van der Waals surface area (Å²) in [5.74, 6) is -0.804. The summed E-state index contributed by atoms with van der Waals surface area (Å²) in [6, 6.07) is 8.89. The second-order valence-corrected chi connectivity index (χ2v) is 4.51. The zero-order valence-corrected chi connectivity index (χ0v) is 10.7. The van der Waals surface area contributed by atoms with Crippen molar-refractivity contribution in [3.8, 4) is 0 Å². The van der Waals surface area contributed by atoms with Gasteiger partial charge in [-0.25, -0.2) is 0 Å². The highest BCUT2D eigenvalue weighted by atomic mass is 16.2. The fourth-order valence-electron chi connectivity index (χ4n) is 2.03. The van der Waals surface area contributed by atoms with Crippen molar-refractivity contribution in [2.75, 3.05) is 6.54 Å². The van der Waals surface area contributed by atoms with Gasteiger partial charge in [-0.1, -0.05) is 36.4 Å². The first kappa shape index (κ1) is 13.3. The van der Waals surface area contributed by atoms with Gasteiger partial charge in [0, 0.05) is 12.1 Å². The first-order valence-electron chi connectivity index (χ1n) is 6.18. The number of carbonyl (C=O) groups excluding carboxylic acids is 2. The maximum absolute atomic E-state index is 12.1. The van der Waals surface area contributed by atoms with E-state index in [0.717, 1.165) is 5.56 Å². The first-order chi connectivity index (χ1) is 9.09. The molecule has 100 valence electrons. The Bertz CT molecular complexity index is 511. The van der Waals surface area contributed by atoms with Crippen LogP contribution >= 0.6 is 0 Å². The van der Waals surface area contributed by atoms with Gasteiger partial charge in [0.1, 0.15) is 6.04 Å². The summed E-state index contributed by atoms with van der Waals surface area (Å²) >= 11 is 0. The quantitative estimate of drug-likeness (QED) is 0.724. The normalized spacial score (nSPS) is 19.6. The van der Waals surface area contributed by atoms with Crippen molar-refractivity contribution in [1.29, 1.82) is 0 Å². The summed E-state index contributed by atoms with van der Waals surface area (Å²) in [4.78, 5) is 23.1. The standard InChI is InChI=1S/C14H17N3O2/c1-9(13(15)18)17-14(19)11-7-8-16-12(11)10-5-3-2-4-6-10/h2-7,9,12,16H,8H2,1H3,(H2,15,18)(H,17,19)/t9-,12-/m1/s1. The molecule has 1 aliphatic heterocycles. The lowest BCUT2D eigenvalue weighted by Gasteiger charge is -2.17. The lowest BCUT2D eigenvalue weighted by atomic mass is 10.00. The summed E-state index contributed by atoms with van der Waals surface area (Å²) in [7, 11) is 0. The highest BCUT2D eigenvalue weighted by molar-refractivity contribution is 5.98. The van der Waals surface area contributed by atoms with Gasteiger partial charge >= 0.3 is 0 Å². The molecule has 0 saturated heterocycles. The molecule has 0 unspecified atom stereocenters. The van der Waals surface area contributed by atoms with Crippen LogP contribution in [0.1, 0.15) is 18.5 Å². The number of primary amides is 1. The molecule has 0 radical (unpaired) electrons. The molecular formula is C14H17N3O2. The minimum absolute atomic E-state index is 0.138. The van der Waals surface area contributed by atoms with Crippen LogP contribution in [0, 0.1) is 0 Å². The van der Waals surface area contributed by atoms with E-state index in [9.17, 15) is 9.59 Å². The molecule has 2 amide bonds. The van der Waals surface area contributed by atoms with Crippen LogP contribution in [0.3, 0.4) is 0 Å². The molecule has 5 heteroatoms. The Hall–Kier alpha value is -2.14. The van der Waals surface area contributed by atoms with Gasteiger partial charge in [0.2, 0.25) is 11.8 Å². The van der Waals surface area contributed by atoms with Gasteiger partial charge in [-0.3, -0.25) is 9.59 Å². The van der Waals surface area contributed by atoms with E-state index < -0.39 is 11.9 Å². The molecular weight excluding hydrogens is 242 g/mol. The van der Waals surface area contributed by atoms with E-state index in [4.69, 9.17) is 5.73 Å². The highest BCUT2D eigenvalue weighted by Crippen LogP contribution is 2.25. The average Bonchev–Trinajstić information content (AvgIpc) is 2.88. The molecule has 4 N–H and O–H groups in total. The van der Waals surface area contributed by atoms with Crippen molar-refractivity contribution in [2.45, 2.75) is 19.0 Å². The molecule has 0 fully saturated rings. The van der Waals surface area contributed by atoms with Gasteiger partial charge in [0.25, 0.3) is 0 Å². The Kier molecular flexibility index (Phi) is 3.97. The number of nitrogens with one attached hydrogen (secondary N) is 2. The lowest BCUT2D eigenvalue weighted by molar-refractivity contribution is -0.125. The van der Waals surface area contributed by atoms with E-state index in [1.807, 2.05) is 36.4 Å². The Balaban J connectivity index is 2.11. The Morgan fingerprint density at radius 2 is 2.05 bits per heavy atom. The summed E-state index contributed by atoms with van der Waals surface area (Å²) in [5, 5.41) is 5.84. The predicted molar refractivity (Wildman–Crippen MR) is 72.1 cm³/mol. The van der Waals surface area contributed by atoms with Crippen LogP contribution in [0.15, 0.2) is 42.0 Å². The van der Waals surface area contributed by atoms with Gasteiger partial charge in [-0.15, -0.1) is 0 Å². The van der Waals surface area contributed by atoms with Crippen molar-refractivity contribution < 1.29 is 9.59 Å². The zero-order valence-electron chi connectivity index (χ0n) is 10.7. The molecule has 1 aromatic carbocycles. The van der Waals surface area contributed by atoms with E-state index in [0.29, 0.717) is 12.1 Å². The minimum atomic E-state index is -0.676. The SMILES string of the molecule is C[C@@H](NC(=O)C1=CCN[C@@H]1c1ccccc1)C(N)=O. The van der Waals surface area contributed by atoms with Crippen LogP contribution in [0.5, 0.6) is 0 Å². The largest absolute Gasteiger partial charge is 0.368 e. The van der Waals surface area contributed by atoms with E-state index in [2.05, 4.69) is 10.6 Å². The molecule has 2 rings (SSSR count). The third-order valence-electron chi connectivity index (χ3n) is 3.12. The van der Waals surface area contributed by atoms with Crippen LogP contribution in [0.4, 0.5) is 0 Å². The molecule has 0 aromatic heterocycles. The van der Waals surface area contributed by atoms with Gasteiger partial charge in [-0.2, -0.15) is 0 Å². The third-order valence-corrected chi connectivity index (χ3v) is 3.12. The fraction of sp³-hybridized carbons (Fsp3) is 0.286. The van der Waals surface area contributed by atoms with Crippen molar-refractivity contribution in [3.05, 3.63) is 47.5 Å². The average molecular weight is 259 g/mol. The number of rotatable bonds is 4. The maximum atomic E-state index is 12.1. The van der Waals surface area contributed by atoms with E-state index in [1.54, 1.807) is 6.92 Å². The van der Waals surface area contributed by atoms with Gasteiger partial charge in [-0.05, 0) is 12.5 Å². The molecule has 0 saturated carbocycles. The summed E-state index contributed by atoms with van der Waals surface area (Å²) < 4.78 is 0. The molecule has 0 bridgehead atoms. The summed E-state index contributed by atoms with van der Waals surface area (Å²) in [6.07, 6.45) is 1.83. The van der Waals surface area contributed by atoms with Crippen molar-refractivity contribution in [1.82, 2.24) is 10.6 Å². The van der Waals surface area contributed by atoms with Gasteiger partial charge < -0.3 is 16.4 Å². The molecule has 1 heterocycles. The van der Waals surface area contributed by atoms with E-state index in [1.165, 1.54) is 0 Å². The number of hydrogen-bond acceptors (Lipinski definition) is 3. The Labute approximate surface area is 111 Å². The monoisotopic (exact) mass is 259 g/mol. The molecule has 19 heavy (non-hydrogen) atoms. The van der Waals surface area contributed by atoms with Crippen LogP contribution in [0.2, 0.25) is 0 Å². The van der Waals surface area contributed by atoms with Crippen molar-refractivity contribution in [2.24, 2.45) is 5.73 Å². The number of hydrogen-bond donors (Lipinski definition) is 3. The summed E-state index contributed by atoms with van der Waals surface area (Å²) in [6.45, 7) is 2.20. The van der Waals surface area contributed by atoms with Crippen LogP contribution < -0.4 is 16.4 Å². The minimum Gasteiger partial charge on any atom is -0.368 e. The number of benzene rings is 1. The second kappa shape index (κ2) is 5.67. The summed E-state index contributed by atoms with van der Waals surface area (Å²) in [5.41, 5.74) is 6.79. The predicted octanol–water partition coefficient (Wildman–Crippen LogP) is 0.247. The first-order valence-corrected chi connectivity index (χ1v) is 6.18. The topological polar surface area (TPSA) is 84.2 Å². The van der Waals surface area contributed by atoms with Gasteiger partial charge in [0.15, 0.2) is 0 Å². The number of nitrogens with two attached hydrogens (primary N) is 1. The molecule has 1 aromatic rings. The third kappa shape index (κ3) is 3.00. The van der Waals surface area contributed by atoms with Crippen molar-refractivity contribution >= 4 is 11.8 Å². The fourth-order valence-corrected chi connectivity index (χ4v) is 2.03. The molecule has 2 atom stereocenters. The zero-order chi connectivity index (χ0) is 13.8. The van der Waals surface area contributed by atoms with Gasteiger partial charge in [0.05, 0.1) is 6.04 Å². The molecule has 0 spiro atoms. The smallest absolute Gasteiger partial charge is 0.249 e. The second-order valence-electron chi connectivity index (χ2n) is 4.51. The lowest BCUT2D eigenvalue weighted by Crippen LogP contribution is -2.43. The Morgan fingerprint density at radius 1 is 1.37 bits per heavy atom. The van der Waals surface area contributed by atoms with E-state index in [-0.39, 0.29) is 11.9 Å². The number of amides is 2. The highest BCUT2D eigenvalue weighted by Gasteiger charge is 2.27. The molecule has 5 nitrogen and oxygen atoms in total. The van der Waals surface area contributed by atoms with Crippen LogP contribution in [0.25, 0.3) is 0 Å².